The number of carbonyl (C=O) groups excluding carboxylic acids is 1. The van der Waals surface area contributed by atoms with Crippen molar-refractivity contribution in [2.75, 3.05) is 6.61 Å². The summed E-state index contributed by atoms with van der Waals surface area (Å²) in [5, 5.41) is 16.8. The van der Waals surface area contributed by atoms with Gasteiger partial charge in [0.1, 0.15) is 12.6 Å². The Morgan fingerprint density at radius 1 is 0.757 bits per heavy atom. The first-order valence-corrected chi connectivity index (χ1v) is 12.3. The van der Waals surface area contributed by atoms with Crippen LogP contribution in [0.5, 0.6) is 0 Å². The molecule has 1 atom stereocenters. The van der Waals surface area contributed by atoms with Crippen LogP contribution < -0.4 is 5.32 Å². The summed E-state index contributed by atoms with van der Waals surface area (Å²) in [6.07, 6.45) is -0.580. The molecule has 0 fully saturated rings. The van der Waals surface area contributed by atoms with Gasteiger partial charge in [-0.15, -0.1) is 0 Å². The number of benzene rings is 5. The Morgan fingerprint density at radius 2 is 1.38 bits per heavy atom. The van der Waals surface area contributed by atoms with Crippen LogP contribution in [0.4, 0.5) is 4.79 Å². The molecule has 5 nitrogen and oxygen atoms in total. The first-order chi connectivity index (χ1) is 18.1. The number of hydrogen-bond acceptors (Lipinski definition) is 3. The fraction of sp³-hybridized carbons (Fsp3) is 0.125. The summed E-state index contributed by atoms with van der Waals surface area (Å²) in [7, 11) is 0. The fourth-order valence-electron chi connectivity index (χ4n) is 5.41. The van der Waals surface area contributed by atoms with Gasteiger partial charge in [0.2, 0.25) is 0 Å². The Balaban J connectivity index is 1.16. The van der Waals surface area contributed by atoms with Crippen LogP contribution in [0.15, 0.2) is 103 Å². The molecule has 0 spiro atoms. The van der Waals surface area contributed by atoms with Gasteiger partial charge >= 0.3 is 12.1 Å². The van der Waals surface area contributed by atoms with Crippen molar-refractivity contribution in [1.29, 1.82) is 0 Å². The number of aliphatic carboxylic acids is 1. The number of ether oxygens (including phenoxy) is 1. The molecule has 0 saturated heterocycles. The molecule has 5 heteroatoms. The van der Waals surface area contributed by atoms with Crippen molar-refractivity contribution in [1.82, 2.24) is 5.32 Å². The zero-order chi connectivity index (χ0) is 25.4. The largest absolute Gasteiger partial charge is 0.480 e. The fourth-order valence-corrected chi connectivity index (χ4v) is 5.41. The summed E-state index contributed by atoms with van der Waals surface area (Å²) >= 11 is 0. The highest BCUT2D eigenvalue weighted by Gasteiger charge is 2.29. The third kappa shape index (κ3) is 4.29. The van der Waals surface area contributed by atoms with E-state index in [-0.39, 0.29) is 18.9 Å². The Hall–Kier alpha value is -4.64. The van der Waals surface area contributed by atoms with Crippen molar-refractivity contribution in [3.05, 3.63) is 120 Å². The number of carboxylic acid groups (broad SMARTS) is 1. The molecule has 0 bridgehead atoms. The lowest BCUT2D eigenvalue weighted by Crippen LogP contribution is -2.42. The molecule has 6 rings (SSSR count). The van der Waals surface area contributed by atoms with Gasteiger partial charge in [0.05, 0.1) is 0 Å². The van der Waals surface area contributed by atoms with Crippen molar-refractivity contribution >= 4 is 33.6 Å². The summed E-state index contributed by atoms with van der Waals surface area (Å²) in [6, 6.07) is 33.3. The van der Waals surface area contributed by atoms with Crippen molar-refractivity contribution in [3.63, 3.8) is 0 Å². The highest BCUT2D eigenvalue weighted by molar-refractivity contribution is 6.07. The minimum Gasteiger partial charge on any atom is -0.480 e. The average molecular weight is 488 g/mol. The monoisotopic (exact) mass is 487 g/mol. The second kappa shape index (κ2) is 9.43. The second-order valence-electron chi connectivity index (χ2n) is 9.41. The molecule has 2 N–H and O–H groups in total. The first-order valence-electron chi connectivity index (χ1n) is 12.3. The molecular formula is C32H25NO4. The maximum absolute atomic E-state index is 12.7. The first kappa shape index (κ1) is 22.8. The van der Waals surface area contributed by atoms with E-state index in [0.29, 0.717) is 0 Å². The summed E-state index contributed by atoms with van der Waals surface area (Å²) in [6.45, 7) is 0.134. The maximum atomic E-state index is 12.7. The Bertz CT molecular complexity index is 1610. The van der Waals surface area contributed by atoms with Crippen molar-refractivity contribution in [2.45, 2.75) is 18.4 Å². The van der Waals surface area contributed by atoms with E-state index >= 15 is 0 Å². The molecule has 0 saturated carbocycles. The SMILES string of the molecule is O=C(NC(Cc1ccc2c(ccc3ccccc32)c1)C(=O)O)OCC1c2ccccc2-c2ccccc21. The predicted octanol–water partition coefficient (Wildman–Crippen LogP) is 6.53. The summed E-state index contributed by atoms with van der Waals surface area (Å²) in [4.78, 5) is 24.7. The number of carboxylic acids is 1. The van der Waals surface area contributed by atoms with Gasteiger partial charge in [-0.05, 0) is 49.4 Å². The number of alkyl carbamates (subject to hydrolysis) is 1. The van der Waals surface area contributed by atoms with E-state index in [2.05, 4.69) is 35.6 Å². The van der Waals surface area contributed by atoms with Crippen LogP contribution in [0, 0.1) is 0 Å². The molecule has 0 aliphatic heterocycles. The van der Waals surface area contributed by atoms with Crippen LogP contribution in [0.1, 0.15) is 22.6 Å². The van der Waals surface area contributed by atoms with E-state index in [1.54, 1.807) is 0 Å². The minimum absolute atomic E-state index is 0.0864. The number of fused-ring (bicyclic) bond motifs is 6. The van der Waals surface area contributed by atoms with E-state index in [9.17, 15) is 14.7 Å². The number of hydrogen-bond donors (Lipinski definition) is 2. The van der Waals surface area contributed by atoms with Crippen LogP contribution in [0.2, 0.25) is 0 Å². The molecule has 0 heterocycles. The van der Waals surface area contributed by atoms with Gasteiger partial charge in [0.25, 0.3) is 0 Å². The van der Waals surface area contributed by atoms with Gasteiger partial charge in [-0.1, -0.05) is 103 Å². The van der Waals surface area contributed by atoms with Gasteiger partial charge in [-0.3, -0.25) is 0 Å². The zero-order valence-electron chi connectivity index (χ0n) is 20.1. The van der Waals surface area contributed by atoms with E-state index in [4.69, 9.17) is 4.74 Å². The normalized spacial score (nSPS) is 13.2. The third-order valence-corrected chi connectivity index (χ3v) is 7.18. The lowest BCUT2D eigenvalue weighted by molar-refractivity contribution is -0.139. The topological polar surface area (TPSA) is 75.6 Å². The summed E-state index contributed by atoms with van der Waals surface area (Å²) in [5.74, 6) is -1.19. The van der Waals surface area contributed by atoms with Gasteiger partial charge < -0.3 is 15.2 Å². The van der Waals surface area contributed by atoms with Crippen molar-refractivity contribution in [3.8, 4) is 11.1 Å². The summed E-state index contributed by atoms with van der Waals surface area (Å²) < 4.78 is 5.56. The number of carbonyl (C=O) groups is 2. The van der Waals surface area contributed by atoms with E-state index in [0.717, 1.165) is 49.4 Å². The highest BCUT2D eigenvalue weighted by atomic mass is 16.5. The van der Waals surface area contributed by atoms with Gasteiger partial charge in [0, 0.05) is 12.3 Å². The lowest BCUT2D eigenvalue weighted by atomic mass is 9.98. The highest BCUT2D eigenvalue weighted by Crippen LogP contribution is 2.44. The molecule has 1 unspecified atom stereocenters. The third-order valence-electron chi connectivity index (χ3n) is 7.18. The van der Waals surface area contributed by atoms with Crippen LogP contribution >= 0.6 is 0 Å². The van der Waals surface area contributed by atoms with Gasteiger partial charge in [-0.25, -0.2) is 9.59 Å². The van der Waals surface area contributed by atoms with Crippen LogP contribution in [0.3, 0.4) is 0 Å². The molecule has 182 valence electrons. The molecule has 0 radical (unpaired) electrons. The number of rotatable bonds is 6. The molecule has 1 aliphatic rings. The minimum atomic E-state index is -1.10. The molecule has 1 amide bonds. The number of amides is 1. The summed E-state index contributed by atoms with van der Waals surface area (Å²) in [5.41, 5.74) is 5.32. The van der Waals surface area contributed by atoms with Crippen LogP contribution in [-0.2, 0) is 16.0 Å². The molecule has 37 heavy (non-hydrogen) atoms. The molecule has 1 aliphatic carbocycles. The Kier molecular flexibility index (Phi) is 5.81. The van der Waals surface area contributed by atoms with Crippen molar-refractivity contribution in [2.24, 2.45) is 0 Å². The zero-order valence-corrected chi connectivity index (χ0v) is 20.1. The van der Waals surface area contributed by atoms with E-state index in [1.165, 1.54) is 0 Å². The van der Waals surface area contributed by atoms with Crippen LogP contribution in [0.25, 0.3) is 32.7 Å². The molecule has 5 aromatic carbocycles. The van der Waals surface area contributed by atoms with Gasteiger partial charge in [-0.2, -0.15) is 0 Å². The smallest absolute Gasteiger partial charge is 0.407 e. The second-order valence-corrected chi connectivity index (χ2v) is 9.41. The average Bonchev–Trinajstić information content (AvgIpc) is 3.25. The predicted molar refractivity (Wildman–Crippen MR) is 145 cm³/mol. The molecule has 0 aromatic heterocycles. The number of nitrogens with one attached hydrogen (secondary N) is 1. The Morgan fingerprint density at radius 3 is 2.11 bits per heavy atom. The van der Waals surface area contributed by atoms with Crippen molar-refractivity contribution < 1.29 is 19.4 Å². The molecule has 5 aromatic rings. The van der Waals surface area contributed by atoms with E-state index in [1.807, 2.05) is 72.8 Å². The van der Waals surface area contributed by atoms with E-state index < -0.39 is 18.1 Å². The maximum Gasteiger partial charge on any atom is 0.407 e. The Labute approximate surface area is 214 Å². The lowest BCUT2D eigenvalue weighted by Gasteiger charge is -2.18. The quantitative estimate of drug-likeness (QED) is 0.267. The van der Waals surface area contributed by atoms with Gasteiger partial charge in [0.15, 0.2) is 0 Å². The van der Waals surface area contributed by atoms with Crippen LogP contribution in [-0.4, -0.2) is 29.8 Å². The molecular weight excluding hydrogens is 462 g/mol. The standard InChI is InChI=1S/C32H25NO4/c34-31(35)30(18-20-13-16-24-22(17-20)15-14-21-7-1-2-8-23(21)24)33-32(36)37-19-29-27-11-5-3-9-25(27)26-10-4-6-12-28(26)29/h1-17,29-30H,18-19H2,(H,33,36)(H,34,35).